The van der Waals surface area contributed by atoms with Crippen LogP contribution in [0, 0.1) is 6.92 Å². The predicted molar refractivity (Wildman–Crippen MR) is 119 cm³/mol. The van der Waals surface area contributed by atoms with Gasteiger partial charge in [0.2, 0.25) is 10.0 Å². The Labute approximate surface area is 186 Å². The van der Waals surface area contributed by atoms with Crippen LogP contribution in [0.2, 0.25) is 0 Å². The van der Waals surface area contributed by atoms with Crippen LogP contribution < -0.4 is 10.0 Å². The second kappa shape index (κ2) is 9.44. The highest BCUT2D eigenvalue weighted by molar-refractivity contribution is 7.89. The van der Waals surface area contributed by atoms with Crippen molar-refractivity contribution in [1.82, 2.24) is 10.0 Å². The maximum absolute atomic E-state index is 14.7. The van der Waals surface area contributed by atoms with E-state index in [-0.39, 0.29) is 10.5 Å². The van der Waals surface area contributed by atoms with Crippen LogP contribution >= 0.6 is 0 Å². The summed E-state index contributed by atoms with van der Waals surface area (Å²) in [5.74, 6) is 0. The summed E-state index contributed by atoms with van der Waals surface area (Å²) in [6.07, 6.45) is -4.92. The van der Waals surface area contributed by atoms with Crippen molar-refractivity contribution >= 4 is 10.0 Å². The van der Waals surface area contributed by atoms with Gasteiger partial charge in [0, 0.05) is 12.6 Å². The number of alkyl halides is 3. The summed E-state index contributed by atoms with van der Waals surface area (Å²) in [5, 5.41) is 2.88. The van der Waals surface area contributed by atoms with Crippen LogP contribution in [0.1, 0.15) is 29.7 Å². The zero-order chi connectivity index (χ0) is 23.4. The van der Waals surface area contributed by atoms with E-state index in [1.165, 1.54) is 36.4 Å². The molecule has 0 aliphatic heterocycles. The smallest absolute Gasteiger partial charge is 0.308 e. The molecule has 2 N–H and O–H groups in total. The first kappa shape index (κ1) is 24.0. The van der Waals surface area contributed by atoms with E-state index in [1.807, 2.05) is 10.8 Å². The second-order valence-corrected chi connectivity index (χ2v) is 9.38. The topological polar surface area (TPSA) is 58.2 Å². The number of hydrogen-bond donors (Lipinski definition) is 2. The van der Waals surface area contributed by atoms with Crippen LogP contribution in [0.15, 0.2) is 89.8 Å². The number of aryl methyl sites for hydroxylation is 1. The lowest BCUT2D eigenvalue weighted by Gasteiger charge is -2.38. The van der Waals surface area contributed by atoms with Crippen molar-refractivity contribution in [1.29, 1.82) is 0 Å². The van der Waals surface area contributed by atoms with Crippen LogP contribution in [-0.2, 0) is 15.6 Å². The van der Waals surface area contributed by atoms with Gasteiger partial charge in [0.15, 0.2) is 5.54 Å². The van der Waals surface area contributed by atoms with E-state index in [1.54, 1.807) is 56.3 Å². The van der Waals surface area contributed by atoms with Gasteiger partial charge in [-0.2, -0.15) is 17.9 Å². The molecule has 0 saturated heterocycles. The predicted octanol–water partition coefficient (Wildman–Crippen LogP) is 5.08. The highest BCUT2D eigenvalue weighted by Gasteiger charge is 2.58. The Morgan fingerprint density at radius 3 is 1.91 bits per heavy atom. The molecule has 0 aliphatic carbocycles. The molecule has 0 aromatic heterocycles. The highest BCUT2D eigenvalue weighted by Crippen LogP contribution is 2.40. The molecule has 3 aromatic rings. The SMILES string of the molecule is Cc1ccc(S(=O)(=O)N[C@](CN[C@H](C)c2ccccc2)(c2ccccc2)C(F)(F)F)cc1. The van der Waals surface area contributed by atoms with Crippen LogP contribution in [0.25, 0.3) is 0 Å². The Bertz CT molecular complexity index is 1120. The standard InChI is InChI=1S/C24H25F3N2O2S/c1-18-13-15-22(16-14-18)32(30,31)29-23(24(25,26)27,21-11-7-4-8-12-21)17-28-19(2)20-9-5-3-6-10-20/h3-16,19,28-29H,17H2,1-2H3/t19-,23-/m1/s1. The number of halogens is 3. The largest absolute Gasteiger partial charge is 0.412 e. The van der Waals surface area contributed by atoms with Crippen molar-refractivity contribution in [2.45, 2.75) is 36.5 Å². The van der Waals surface area contributed by atoms with E-state index < -0.39 is 34.3 Å². The lowest BCUT2D eigenvalue weighted by molar-refractivity contribution is -0.194. The fourth-order valence-electron chi connectivity index (χ4n) is 3.41. The fraction of sp³-hybridized carbons (Fsp3) is 0.250. The summed E-state index contributed by atoms with van der Waals surface area (Å²) in [5.41, 5.74) is -1.48. The van der Waals surface area contributed by atoms with E-state index in [0.29, 0.717) is 0 Å². The molecular weight excluding hydrogens is 437 g/mol. The van der Waals surface area contributed by atoms with Crippen LogP contribution in [0.3, 0.4) is 0 Å². The van der Waals surface area contributed by atoms with Crippen LogP contribution in [0.4, 0.5) is 13.2 Å². The average molecular weight is 463 g/mol. The van der Waals surface area contributed by atoms with E-state index in [9.17, 15) is 21.6 Å². The van der Waals surface area contributed by atoms with E-state index in [4.69, 9.17) is 0 Å². The molecule has 32 heavy (non-hydrogen) atoms. The maximum Gasteiger partial charge on any atom is 0.412 e. The molecule has 0 saturated carbocycles. The molecule has 0 radical (unpaired) electrons. The summed E-state index contributed by atoms with van der Waals surface area (Å²) >= 11 is 0. The molecule has 170 valence electrons. The summed E-state index contributed by atoms with van der Waals surface area (Å²) in [6, 6.07) is 21.3. The normalized spacial score (nSPS) is 15.2. The lowest BCUT2D eigenvalue weighted by atomic mass is 9.89. The van der Waals surface area contributed by atoms with Crippen molar-refractivity contribution in [2.75, 3.05) is 6.54 Å². The Kier molecular flexibility index (Phi) is 7.07. The van der Waals surface area contributed by atoms with Gasteiger partial charge >= 0.3 is 6.18 Å². The minimum atomic E-state index is -4.92. The summed E-state index contributed by atoms with van der Waals surface area (Å²) < 4.78 is 72.1. The van der Waals surface area contributed by atoms with E-state index >= 15 is 0 Å². The van der Waals surface area contributed by atoms with Gasteiger partial charge in [0.25, 0.3) is 0 Å². The molecule has 2 atom stereocenters. The number of rotatable bonds is 8. The van der Waals surface area contributed by atoms with Gasteiger partial charge in [-0.05, 0) is 37.1 Å². The molecule has 3 aromatic carbocycles. The van der Waals surface area contributed by atoms with Crippen molar-refractivity contribution in [3.05, 3.63) is 102 Å². The Morgan fingerprint density at radius 1 is 0.844 bits per heavy atom. The molecule has 0 unspecified atom stereocenters. The molecule has 0 aliphatic rings. The number of sulfonamides is 1. The zero-order valence-corrected chi connectivity index (χ0v) is 18.5. The monoisotopic (exact) mass is 462 g/mol. The number of benzene rings is 3. The lowest BCUT2D eigenvalue weighted by Crippen LogP contribution is -2.61. The molecule has 0 bridgehead atoms. The van der Waals surface area contributed by atoms with Gasteiger partial charge in [0.05, 0.1) is 4.90 Å². The molecule has 4 nitrogen and oxygen atoms in total. The van der Waals surface area contributed by atoms with E-state index in [2.05, 4.69) is 5.32 Å². The Hall–Kier alpha value is -2.68. The van der Waals surface area contributed by atoms with Gasteiger partial charge in [-0.15, -0.1) is 0 Å². The summed E-state index contributed by atoms with van der Waals surface area (Å²) in [4.78, 5) is -0.233. The van der Waals surface area contributed by atoms with Crippen molar-refractivity contribution < 1.29 is 21.6 Å². The first-order valence-corrected chi connectivity index (χ1v) is 11.5. The second-order valence-electron chi connectivity index (χ2n) is 7.70. The third kappa shape index (κ3) is 5.20. The third-order valence-corrected chi connectivity index (χ3v) is 6.87. The van der Waals surface area contributed by atoms with Gasteiger partial charge in [0.1, 0.15) is 0 Å². The Morgan fingerprint density at radius 2 is 1.38 bits per heavy atom. The number of hydrogen-bond acceptors (Lipinski definition) is 3. The van der Waals surface area contributed by atoms with Crippen molar-refractivity contribution in [3.63, 3.8) is 0 Å². The molecule has 3 rings (SSSR count). The minimum Gasteiger partial charge on any atom is -0.308 e. The number of nitrogens with one attached hydrogen (secondary N) is 2. The molecule has 8 heteroatoms. The zero-order valence-electron chi connectivity index (χ0n) is 17.7. The van der Waals surface area contributed by atoms with E-state index in [0.717, 1.165) is 11.1 Å². The molecule has 0 amide bonds. The first-order valence-electron chi connectivity index (χ1n) is 10.1. The minimum absolute atomic E-state index is 0.198. The fourth-order valence-corrected chi connectivity index (χ4v) is 4.79. The van der Waals surface area contributed by atoms with Gasteiger partial charge in [-0.1, -0.05) is 78.4 Å². The van der Waals surface area contributed by atoms with Crippen LogP contribution in [0.5, 0.6) is 0 Å². The third-order valence-electron chi connectivity index (χ3n) is 5.36. The summed E-state index contributed by atoms with van der Waals surface area (Å²) in [7, 11) is -4.49. The molecule has 0 fully saturated rings. The molecule has 0 heterocycles. The maximum atomic E-state index is 14.7. The Balaban J connectivity index is 2.04. The van der Waals surface area contributed by atoms with Gasteiger partial charge in [-0.3, -0.25) is 0 Å². The molecule has 0 spiro atoms. The van der Waals surface area contributed by atoms with Crippen molar-refractivity contribution in [2.24, 2.45) is 0 Å². The molecular formula is C24H25F3N2O2S. The first-order chi connectivity index (χ1) is 15.1. The average Bonchev–Trinajstić information content (AvgIpc) is 2.77. The quantitative estimate of drug-likeness (QED) is 0.491. The van der Waals surface area contributed by atoms with Crippen LogP contribution in [-0.4, -0.2) is 21.1 Å². The highest BCUT2D eigenvalue weighted by atomic mass is 32.2. The summed E-state index contributed by atoms with van der Waals surface area (Å²) in [6.45, 7) is 2.81. The van der Waals surface area contributed by atoms with Gasteiger partial charge in [-0.25, -0.2) is 8.42 Å². The van der Waals surface area contributed by atoms with Gasteiger partial charge < -0.3 is 5.32 Å². The van der Waals surface area contributed by atoms with Crippen molar-refractivity contribution in [3.8, 4) is 0 Å².